The van der Waals surface area contributed by atoms with Crippen molar-refractivity contribution in [2.45, 2.75) is 13.5 Å². The minimum Gasteiger partial charge on any atom is -0.312 e. The second-order valence-electron chi connectivity index (χ2n) is 3.35. The Morgan fingerprint density at radius 2 is 2.25 bits per heavy atom. The maximum absolute atomic E-state index is 11.3. The van der Waals surface area contributed by atoms with Crippen molar-refractivity contribution in [3.63, 3.8) is 0 Å². The second kappa shape index (κ2) is 6.57. The Hall–Kier alpha value is -0.980. The number of sulfonamides is 1. The van der Waals surface area contributed by atoms with Crippen LogP contribution in [0.3, 0.4) is 0 Å². The van der Waals surface area contributed by atoms with Crippen LogP contribution in [0.4, 0.5) is 0 Å². The smallest absolute Gasteiger partial charge is 0.212 e. The number of aromatic nitrogens is 1. The lowest BCUT2D eigenvalue weighted by Gasteiger charge is -2.06. The van der Waals surface area contributed by atoms with Gasteiger partial charge in [-0.2, -0.15) is 0 Å². The first-order chi connectivity index (χ1) is 7.64. The summed E-state index contributed by atoms with van der Waals surface area (Å²) in [5, 5.41) is 3.06. The van der Waals surface area contributed by atoms with Crippen molar-refractivity contribution in [3.05, 3.63) is 30.1 Å². The predicted molar refractivity (Wildman–Crippen MR) is 63.4 cm³/mol. The fraction of sp³-hybridized carbons (Fsp3) is 0.500. The molecular weight excluding hydrogens is 226 g/mol. The molecule has 6 heteroatoms. The number of rotatable bonds is 7. The number of nitrogens with one attached hydrogen (secondary N) is 2. The van der Waals surface area contributed by atoms with E-state index in [9.17, 15) is 8.42 Å². The van der Waals surface area contributed by atoms with E-state index in [1.165, 1.54) is 0 Å². The summed E-state index contributed by atoms with van der Waals surface area (Å²) in [5.41, 5.74) is 1.04. The highest BCUT2D eigenvalue weighted by Gasteiger charge is 2.06. The molecule has 16 heavy (non-hydrogen) atoms. The monoisotopic (exact) mass is 243 g/mol. The maximum Gasteiger partial charge on any atom is 0.212 e. The van der Waals surface area contributed by atoms with Gasteiger partial charge in [-0.3, -0.25) is 4.98 Å². The van der Waals surface area contributed by atoms with Gasteiger partial charge < -0.3 is 5.32 Å². The van der Waals surface area contributed by atoms with Gasteiger partial charge in [-0.25, -0.2) is 13.1 Å². The van der Waals surface area contributed by atoms with Gasteiger partial charge >= 0.3 is 0 Å². The Morgan fingerprint density at radius 1 is 1.44 bits per heavy atom. The topological polar surface area (TPSA) is 71.1 Å². The van der Waals surface area contributed by atoms with Crippen molar-refractivity contribution in [1.82, 2.24) is 15.0 Å². The van der Waals surface area contributed by atoms with Crippen LogP contribution in [-0.4, -0.2) is 32.2 Å². The molecule has 1 aromatic rings. The zero-order valence-corrected chi connectivity index (χ0v) is 10.1. The number of hydrogen-bond donors (Lipinski definition) is 2. The molecular formula is C10H17N3O2S. The van der Waals surface area contributed by atoms with Gasteiger partial charge in [-0.05, 0) is 11.6 Å². The Kier molecular flexibility index (Phi) is 5.37. The van der Waals surface area contributed by atoms with Crippen LogP contribution in [0.1, 0.15) is 12.5 Å². The first-order valence-electron chi connectivity index (χ1n) is 5.21. The van der Waals surface area contributed by atoms with Crippen LogP contribution in [0.15, 0.2) is 24.5 Å². The Balaban J connectivity index is 2.22. The lowest BCUT2D eigenvalue weighted by atomic mass is 10.3. The third-order valence-corrected chi connectivity index (χ3v) is 3.43. The summed E-state index contributed by atoms with van der Waals surface area (Å²) in [5.74, 6) is 0.0983. The van der Waals surface area contributed by atoms with Crippen LogP contribution >= 0.6 is 0 Å². The van der Waals surface area contributed by atoms with E-state index in [1.54, 1.807) is 19.3 Å². The molecule has 90 valence electrons. The van der Waals surface area contributed by atoms with Gasteiger partial charge in [0.2, 0.25) is 10.0 Å². The SMILES string of the molecule is CCNS(=O)(=O)CCNCc1cccnc1. The molecule has 5 nitrogen and oxygen atoms in total. The first kappa shape index (κ1) is 13.1. The molecule has 0 amide bonds. The summed E-state index contributed by atoms with van der Waals surface area (Å²) < 4.78 is 25.0. The minimum atomic E-state index is -3.11. The van der Waals surface area contributed by atoms with E-state index in [4.69, 9.17) is 0 Å². The summed E-state index contributed by atoms with van der Waals surface area (Å²) in [6, 6.07) is 3.80. The molecule has 0 fully saturated rings. The first-order valence-corrected chi connectivity index (χ1v) is 6.86. The van der Waals surface area contributed by atoms with Gasteiger partial charge in [0.25, 0.3) is 0 Å². The van der Waals surface area contributed by atoms with E-state index in [-0.39, 0.29) is 5.75 Å². The van der Waals surface area contributed by atoms with Crippen LogP contribution in [0.5, 0.6) is 0 Å². The van der Waals surface area contributed by atoms with Gasteiger partial charge in [0, 0.05) is 32.0 Å². The van der Waals surface area contributed by atoms with Crippen LogP contribution < -0.4 is 10.0 Å². The quantitative estimate of drug-likeness (QED) is 0.667. The van der Waals surface area contributed by atoms with E-state index in [0.717, 1.165) is 5.56 Å². The summed E-state index contributed by atoms with van der Waals surface area (Å²) in [7, 11) is -3.11. The van der Waals surface area contributed by atoms with E-state index in [2.05, 4.69) is 15.0 Å². The van der Waals surface area contributed by atoms with Crippen LogP contribution in [0.25, 0.3) is 0 Å². The predicted octanol–water partition coefficient (Wildman–Crippen LogP) is 0.111. The molecule has 1 heterocycles. The van der Waals surface area contributed by atoms with Crippen molar-refractivity contribution in [3.8, 4) is 0 Å². The van der Waals surface area contributed by atoms with Gasteiger partial charge in [-0.15, -0.1) is 0 Å². The molecule has 0 atom stereocenters. The molecule has 0 aliphatic heterocycles. The fourth-order valence-electron chi connectivity index (χ4n) is 1.23. The molecule has 1 rings (SSSR count). The number of nitrogens with zero attached hydrogens (tertiary/aromatic N) is 1. The average Bonchev–Trinajstić information content (AvgIpc) is 2.26. The van der Waals surface area contributed by atoms with Crippen molar-refractivity contribution >= 4 is 10.0 Å². The molecule has 0 spiro atoms. The molecule has 2 N–H and O–H groups in total. The van der Waals surface area contributed by atoms with Gasteiger partial charge in [0.15, 0.2) is 0 Å². The Bertz CT molecular complexity index is 392. The molecule has 0 bridgehead atoms. The highest BCUT2D eigenvalue weighted by atomic mass is 32.2. The third-order valence-electron chi connectivity index (χ3n) is 1.96. The zero-order valence-electron chi connectivity index (χ0n) is 9.31. The molecule has 0 aromatic carbocycles. The van der Waals surface area contributed by atoms with Crippen molar-refractivity contribution in [2.75, 3.05) is 18.8 Å². The normalized spacial score (nSPS) is 11.6. The van der Waals surface area contributed by atoms with Gasteiger partial charge in [-0.1, -0.05) is 13.0 Å². The van der Waals surface area contributed by atoms with Crippen molar-refractivity contribution in [2.24, 2.45) is 0 Å². The molecule has 0 saturated heterocycles. The molecule has 0 unspecified atom stereocenters. The van der Waals surface area contributed by atoms with Crippen molar-refractivity contribution < 1.29 is 8.42 Å². The standard InChI is InChI=1S/C10H17N3O2S/c1-2-13-16(14,15)7-6-12-9-10-4-3-5-11-8-10/h3-5,8,12-13H,2,6-7,9H2,1H3. The molecule has 0 radical (unpaired) electrons. The lowest BCUT2D eigenvalue weighted by molar-refractivity contribution is 0.578. The Morgan fingerprint density at radius 3 is 2.88 bits per heavy atom. The molecule has 0 aliphatic carbocycles. The third kappa shape index (κ3) is 5.20. The zero-order chi connectivity index (χ0) is 11.9. The Labute approximate surface area is 96.3 Å². The fourth-order valence-corrected chi connectivity index (χ4v) is 2.23. The van der Waals surface area contributed by atoms with Gasteiger partial charge in [0.1, 0.15) is 0 Å². The van der Waals surface area contributed by atoms with E-state index >= 15 is 0 Å². The summed E-state index contributed by atoms with van der Waals surface area (Å²) in [6.45, 7) is 3.27. The van der Waals surface area contributed by atoms with E-state index in [0.29, 0.717) is 19.6 Å². The number of hydrogen-bond acceptors (Lipinski definition) is 4. The summed E-state index contributed by atoms with van der Waals surface area (Å²) in [4.78, 5) is 3.97. The van der Waals surface area contributed by atoms with Crippen LogP contribution in [0, 0.1) is 0 Å². The van der Waals surface area contributed by atoms with E-state index < -0.39 is 10.0 Å². The van der Waals surface area contributed by atoms with Crippen LogP contribution in [-0.2, 0) is 16.6 Å². The van der Waals surface area contributed by atoms with E-state index in [1.807, 2.05) is 12.1 Å². The molecule has 1 aromatic heterocycles. The summed E-state index contributed by atoms with van der Waals surface area (Å²) in [6.07, 6.45) is 3.46. The largest absolute Gasteiger partial charge is 0.312 e. The second-order valence-corrected chi connectivity index (χ2v) is 5.28. The van der Waals surface area contributed by atoms with Crippen molar-refractivity contribution in [1.29, 1.82) is 0 Å². The molecule has 0 aliphatic rings. The lowest BCUT2D eigenvalue weighted by Crippen LogP contribution is -2.31. The highest BCUT2D eigenvalue weighted by Crippen LogP contribution is 1.93. The molecule has 0 saturated carbocycles. The summed E-state index contributed by atoms with van der Waals surface area (Å²) >= 11 is 0. The number of pyridine rings is 1. The minimum absolute atomic E-state index is 0.0983. The highest BCUT2D eigenvalue weighted by molar-refractivity contribution is 7.89. The average molecular weight is 243 g/mol. The van der Waals surface area contributed by atoms with Crippen LogP contribution in [0.2, 0.25) is 0 Å². The van der Waals surface area contributed by atoms with Gasteiger partial charge in [0.05, 0.1) is 5.75 Å². The maximum atomic E-state index is 11.3.